The number of nitrogens with one attached hydrogen (secondary N) is 2. The molecule has 0 aliphatic carbocycles. The zero-order chi connectivity index (χ0) is 17.1. The quantitative estimate of drug-likeness (QED) is 0.353. The number of amides is 2. The molecule has 0 aliphatic rings. The molecule has 0 radical (unpaired) electrons. The predicted octanol–water partition coefficient (Wildman–Crippen LogP) is 0.0509. The van der Waals surface area contributed by atoms with E-state index >= 15 is 0 Å². The third-order valence-corrected chi connectivity index (χ3v) is 2.44. The number of hydrazine groups is 1. The van der Waals surface area contributed by atoms with E-state index in [-0.39, 0.29) is 17.9 Å². The largest absolute Gasteiger partial charge is 0.503 e. The SMILES string of the molecule is CN(N)C(=O)c1cc(=O)c(O)c(CNC(=O)OC(C)(C)C)[nH]1. The van der Waals surface area contributed by atoms with Gasteiger partial charge in [0, 0.05) is 13.1 Å². The first-order chi connectivity index (χ1) is 10.0. The summed E-state index contributed by atoms with van der Waals surface area (Å²) in [5.74, 6) is 4.07. The van der Waals surface area contributed by atoms with Gasteiger partial charge in [0.15, 0.2) is 5.75 Å². The van der Waals surface area contributed by atoms with Gasteiger partial charge in [-0.2, -0.15) is 0 Å². The lowest BCUT2D eigenvalue weighted by Crippen LogP contribution is -2.35. The highest BCUT2D eigenvalue weighted by atomic mass is 16.6. The van der Waals surface area contributed by atoms with Gasteiger partial charge in [-0.1, -0.05) is 0 Å². The lowest BCUT2D eigenvalue weighted by Gasteiger charge is -2.19. The zero-order valence-corrected chi connectivity index (χ0v) is 12.9. The zero-order valence-electron chi connectivity index (χ0n) is 12.9. The second kappa shape index (κ2) is 6.48. The van der Waals surface area contributed by atoms with E-state index in [4.69, 9.17) is 10.6 Å². The summed E-state index contributed by atoms with van der Waals surface area (Å²) in [5.41, 5.74) is -1.57. The van der Waals surface area contributed by atoms with Crippen molar-refractivity contribution in [2.75, 3.05) is 7.05 Å². The molecule has 9 heteroatoms. The summed E-state index contributed by atoms with van der Waals surface area (Å²) in [6, 6.07) is 0.929. The van der Waals surface area contributed by atoms with Crippen molar-refractivity contribution in [1.29, 1.82) is 0 Å². The van der Waals surface area contributed by atoms with Crippen LogP contribution in [0.2, 0.25) is 0 Å². The molecule has 0 fully saturated rings. The van der Waals surface area contributed by atoms with E-state index in [1.54, 1.807) is 20.8 Å². The van der Waals surface area contributed by atoms with Crippen LogP contribution in [0.15, 0.2) is 10.9 Å². The van der Waals surface area contributed by atoms with Gasteiger partial charge in [0.05, 0.1) is 12.2 Å². The molecule has 0 aliphatic heterocycles. The number of H-pyrrole nitrogens is 1. The molecule has 0 bridgehead atoms. The molecule has 0 saturated carbocycles. The van der Waals surface area contributed by atoms with Crippen LogP contribution in [-0.4, -0.2) is 39.7 Å². The van der Waals surface area contributed by atoms with Gasteiger partial charge in [0.2, 0.25) is 5.43 Å². The third-order valence-electron chi connectivity index (χ3n) is 2.44. The van der Waals surface area contributed by atoms with Gasteiger partial charge in [0.25, 0.3) is 5.91 Å². The van der Waals surface area contributed by atoms with Crippen LogP contribution in [0.4, 0.5) is 4.79 Å². The van der Waals surface area contributed by atoms with Crippen LogP contribution in [0, 0.1) is 0 Å². The minimum absolute atomic E-state index is 0.0245. The Balaban J connectivity index is 2.93. The molecule has 22 heavy (non-hydrogen) atoms. The Labute approximate surface area is 127 Å². The minimum Gasteiger partial charge on any atom is -0.503 e. The van der Waals surface area contributed by atoms with Crippen LogP contribution in [-0.2, 0) is 11.3 Å². The Kier molecular flexibility index (Phi) is 5.15. The number of carbonyl (C=O) groups excluding carboxylic acids is 2. The van der Waals surface area contributed by atoms with E-state index in [9.17, 15) is 19.5 Å². The first-order valence-corrected chi connectivity index (χ1v) is 6.46. The van der Waals surface area contributed by atoms with E-state index in [0.29, 0.717) is 0 Å². The Bertz CT molecular complexity index is 630. The Morgan fingerprint density at radius 3 is 2.55 bits per heavy atom. The molecule has 1 rings (SSSR count). The summed E-state index contributed by atoms with van der Waals surface area (Å²) in [6.07, 6.45) is -0.722. The molecule has 5 N–H and O–H groups in total. The van der Waals surface area contributed by atoms with Crippen molar-refractivity contribution in [2.24, 2.45) is 5.84 Å². The first kappa shape index (κ1) is 17.5. The van der Waals surface area contributed by atoms with Crippen molar-refractivity contribution < 1.29 is 19.4 Å². The second-order valence-corrected chi connectivity index (χ2v) is 5.65. The molecule has 9 nitrogen and oxygen atoms in total. The smallest absolute Gasteiger partial charge is 0.407 e. The van der Waals surface area contributed by atoms with Crippen molar-refractivity contribution in [2.45, 2.75) is 32.9 Å². The topological polar surface area (TPSA) is 138 Å². The predicted molar refractivity (Wildman–Crippen MR) is 78.1 cm³/mol. The number of hydrogen-bond acceptors (Lipinski definition) is 6. The fraction of sp³-hybridized carbons (Fsp3) is 0.462. The number of aromatic amines is 1. The number of aromatic nitrogens is 1. The minimum atomic E-state index is -0.759. The number of ether oxygens (including phenoxy) is 1. The highest BCUT2D eigenvalue weighted by Gasteiger charge is 2.18. The van der Waals surface area contributed by atoms with E-state index in [1.165, 1.54) is 7.05 Å². The van der Waals surface area contributed by atoms with E-state index in [2.05, 4.69) is 10.3 Å². The van der Waals surface area contributed by atoms with Gasteiger partial charge in [-0.05, 0) is 20.8 Å². The van der Waals surface area contributed by atoms with Gasteiger partial charge in [-0.3, -0.25) is 14.6 Å². The summed E-state index contributed by atoms with van der Waals surface area (Å²) < 4.78 is 5.03. The average molecular weight is 312 g/mol. The Morgan fingerprint density at radius 1 is 1.45 bits per heavy atom. The molecule has 0 aromatic carbocycles. The first-order valence-electron chi connectivity index (χ1n) is 6.46. The van der Waals surface area contributed by atoms with Gasteiger partial charge >= 0.3 is 6.09 Å². The normalized spacial score (nSPS) is 11.0. The Hall–Kier alpha value is -2.55. The molecule has 1 aromatic rings. The highest BCUT2D eigenvalue weighted by Crippen LogP contribution is 2.11. The Morgan fingerprint density at radius 2 is 2.05 bits per heavy atom. The summed E-state index contributed by atoms with van der Waals surface area (Å²) >= 11 is 0. The summed E-state index contributed by atoms with van der Waals surface area (Å²) in [4.78, 5) is 37.5. The van der Waals surface area contributed by atoms with Crippen LogP contribution in [0.3, 0.4) is 0 Å². The van der Waals surface area contributed by atoms with E-state index < -0.39 is 28.8 Å². The summed E-state index contributed by atoms with van der Waals surface area (Å²) in [7, 11) is 1.31. The van der Waals surface area contributed by atoms with Crippen molar-refractivity contribution in [3.05, 3.63) is 27.7 Å². The van der Waals surface area contributed by atoms with Crippen molar-refractivity contribution in [3.8, 4) is 5.75 Å². The maximum Gasteiger partial charge on any atom is 0.407 e. The number of hydrogen-bond donors (Lipinski definition) is 4. The van der Waals surface area contributed by atoms with Crippen LogP contribution in [0.25, 0.3) is 0 Å². The lowest BCUT2D eigenvalue weighted by molar-refractivity contribution is 0.0522. The molecule has 0 unspecified atom stereocenters. The van der Waals surface area contributed by atoms with Crippen LogP contribution < -0.4 is 16.6 Å². The molecule has 2 amide bonds. The number of aromatic hydroxyl groups is 1. The molecular weight excluding hydrogens is 292 g/mol. The number of carbonyl (C=O) groups is 2. The third kappa shape index (κ3) is 4.77. The molecule has 0 atom stereocenters. The van der Waals surface area contributed by atoms with Crippen LogP contribution >= 0.6 is 0 Å². The molecule has 122 valence electrons. The van der Waals surface area contributed by atoms with Gasteiger partial charge < -0.3 is 20.1 Å². The fourth-order valence-electron chi connectivity index (χ4n) is 1.51. The second-order valence-electron chi connectivity index (χ2n) is 5.65. The molecule has 0 spiro atoms. The fourth-order valence-corrected chi connectivity index (χ4v) is 1.51. The molecular formula is C13H20N4O5. The van der Waals surface area contributed by atoms with E-state index in [0.717, 1.165) is 11.1 Å². The van der Waals surface area contributed by atoms with Crippen LogP contribution in [0.5, 0.6) is 5.75 Å². The van der Waals surface area contributed by atoms with Crippen molar-refractivity contribution in [1.82, 2.24) is 15.3 Å². The lowest BCUT2D eigenvalue weighted by atomic mass is 10.2. The monoisotopic (exact) mass is 312 g/mol. The van der Waals surface area contributed by atoms with Crippen molar-refractivity contribution >= 4 is 12.0 Å². The number of alkyl carbamates (subject to hydrolysis) is 1. The number of rotatable bonds is 3. The maximum absolute atomic E-state index is 11.7. The summed E-state index contributed by atoms with van der Waals surface area (Å²) in [6.45, 7) is 4.87. The van der Waals surface area contributed by atoms with Gasteiger partial charge in [-0.15, -0.1) is 0 Å². The van der Waals surface area contributed by atoms with Crippen molar-refractivity contribution in [3.63, 3.8) is 0 Å². The number of nitrogens with zero attached hydrogens (tertiary/aromatic N) is 1. The number of nitrogens with two attached hydrogens (primary N) is 1. The highest BCUT2D eigenvalue weighted by molar-refractivity contribution is 5.91. The average Bonchev–Trinajstić information content (AvgIpc) is 2.37. The number of pyridine rings is 1. The molecule has 1 heterocycles. The maximum atomic E-state index is 11.7. The van der Waals surface area contributed by atoms with Gasteiger partial charge in [-0.25, -0.2) is 10.6 Å². The van der Waals surface area contributed by atoms with Gasteiger partial charge in [0.1, 0.15) is 11.3 Å². The van der Waals surface area contributed by atoms with Crippen LogP contribution in [0.1, 0.15) is 37.0 Å². The molecule has 1 aromatic heterocycles. The standard InChI is InChI=1S/C13H20N4O5/c1-13(2,3)22-12(21)15-6-8-10(19)9(18)5-7(16-8)11(20)17(4)14/h5,19H,6,14H2,1-4H3,(H,15,21)(H,16,18). The van der Waals surface area contributed by atoms with E-state index in [1.807, 2.05) is 0 Å². The molecule has 0 saturated heterocycles. The summed E-state index contributed by atoms with van der Waals surface area (Å²) in [5, 5.41) is 12.9.